The summed E-state index contributed by atoms with van der Waals surface area (Å²) in [5.41, 5.74) is -0.745. The molecule has 2 amide bonds. The molecule has 0 aliphatic carbocycles. The van der Waals surface area contributed by atoms with E-state index in [1.807, 2.05) is 18.7 Å². The molecule has 0 saturated carbocycles. The van der Waals surface area contributed by atoms with Crippen LogP contribution in [0.2, 0.25) is 0 Å². The molecular formula is C15H28N2O3. The summed E-state index contributed by atoms with van der Waals surface area (Å²) in [6.45, 7) is 10.4. The number of hydrogen-bond donors (Lipinski definition) is 1. The molecule has 0 spiro atoms. The van der Waals surface area contributed by atoms with E-state index in [0.29, 0.717) is 38.4 Å². The maximum Gasteiger partial charge on any atom is 0.320 e. The Kier molecular flexibility index (Phi) is 5.84. The van der Waals surface area contributed by atoms with Gasteiger partial charge in [0.2, 0.25) is 0 Å². The third kappa shape index (κ3) is 3.44. The van der Waals surface area contributed by atoms with Crippen LogP contribution in [0.3, 0.4) is 0 Å². The molecule has 0 radical (unpaired) electrons. The lowest BCUT2D eigenvalue weighted by Crippen LogP contribution is -2.45. The number of likely N-dealkylation sites (tertiary alicyclic amines) is 1. The molecule has 5 heteroatoms. The van der Waals surface area contributed by atoms with E-state index < -0.39 is 11.4 Å². The fourth-order valence-corrected chi connectivity index (χ4v) is 2.70. The highest BCUT2D eigenvalue weighted by molar-refractivity contribution is 5.79. The molecule has 1 fully saturated rings. The minimum Gasteiger partial charge on any atom is -0.481 e. The van der Waals surface area contributed by atoms with Crippen LogP contribution in [-0.4, -0.2) is 53.1 Å². The molecule has 1 N–H and O–H groups in total. The molecule has 1 aliphatic rings. The van der Waals surface area contributed by atoms with Crippen molar-refractivity contribution in [3.8, 4) is 0 Å². The fourth-order valence-electron chi connectivity index (χ4n) is 2.70. The van der Waals surface area contributed by atoms with Crippen LogP contribution >= 0.6 is 0 Å². The standard InChI is InChI=1S/C15H28N2O3/c1-5-12(4)10-16(7-3)14(20)17-9-8-15(6-2,11-17)13(18)19/h12H,5-11H2,1-4H3,(H,18,19). The monoisotopic (exact) mass is 284 g/mol. The molecule has 2 atom stereocenters. The van der Waals surface area contributed by atoms with Gasteiger partial charge in [-0.15, -0.1) is 0 Å². The predicted octanol–water partition coefficient (Wildman–Crippen LogP) is 2.66. The van der Waals surface area contributed by atoms with Gasteiger partial charge in [-0.25, -0.2) is 4.79 Å². The highest BCUT2D eigenvalue weighted by atomic mass is 16.4. The van der Waals surface area contributed by atoms with Crippen molar-refractivity contribution in [2.45, 2.75) is 47.0 Å². The predicted molar refractivity (Wildman–Crippen MR) is 78.6 cm³/mol. The quantitative estimate of drug-likeness (QED) is 0.815. The van der Waals surface area contributed by atoms with E-state index in [9.17, 15) is 14.7 Å². The summed E-state index contributed by atoms with van der Waals surface area (Å²) < 4.78 is 0. The Bertz CT molecular complexity index is 359. The molecular weight excluding hydrogens is 256 g/mol. The van der Waals surface area contributed by atoms with Crippen molar-refractivity contribution in [1.29, 1.82) is 0 Å². The largest absolute Gasteiger partial charge is 0.481 e. The summed E-state index contributed by atoms with van der Waals surface area (Å²) in [6.07, 6.45) is 2.17. The third-order valence-corrected chi connectivity index (χ3v) is 4.64. The minimum absolute atomic E-state index is 0.00984. The lowest BCUT2D eigenvalue weighted by Gasteiger charge is -2.30. The topological polar surface area (TPSA) is 60.9 Å². The summed E-state index contributed by atoms with van der Waals surface area (Å²) in [7, 11) is 0. The first kappa shape index (κ1) is 16.8. The van der Waals surface area contributed by atoms with E-state index in [0.717, 1.165) is 13.0 Å². The second-order valence-electron chi connectivity index (χ2n) is 5.95. The van der Waals surface area contributed by atoms with Crippen LogP contribution in [0.25, 0.3) is 0 Å². The zero-order valence-electron chi connectivity index (χ0n) is 13.2. The van der Waals surface area contributed by atoms with Gasteiger partial charge in [0, 0.05) is 26.2 Å². The Balaban J connectivity index is 2.71. The van der Waals surface area contributed by atoms with Gasteiger partial charge in [0.05, 0.1) is 5.41 Å². The lowest BCUT2D eigenvalue weighted by molar-refractivity contribution is -0.148. The number of carbonyl (C=O) groups excluding carboxylic acids is 1. The Morgan fingerprint density at radius 3 is 2.40 bits per heavy atom. The van der Waals surface area contributed by atoms with Crippen molar-refractivity contribution in [3.05, 3.63) is 0 Å². The van der Waals surface area contributed by atoms with Gasteiger partial charge in [-0.2, -0.15) is 0 Å². The Hall–Kier alpha value is -1.26. The molecule has 1 aliphatic heterocycles. The first-order chi connectivity index (χ1) is 9.40. The SMILES string of the molecule is CCC(C)CN(CC)C(=O)N1CCC(CC)(C(=O)O)C1. The van der Waals surface area contributed by atoms with Crippen LogP contribution in [0, 0.1) is 11.3 Å². The Labute approximate surface area is 121 Å². The number of amides is 2. The van der Waals surface area contributed by atoms with Crippen molar-refractivity contribution >= 4 is 12.0 Å². The summed E-state index contributed by atoms with van der Waals surface area (Å²) >= 11 is 0. The number of nitrogens with zero attached hydrogens (tertiary/aromatic N) is 2. The molecule has 1 saturated heterocycles. The van der Waals surface area contributed by atoms with Crippen LogP contribution in [0.1, 0.15) is 47.0 Å². The van der Waals surface area contributed by atoms with Crippen LogP contribution in [0.15, 0.2) is 0 Å². The van der Waals surface area contributed by atoms with Gasteiger partial charge in [-0.05, 0) is 25.7 Å². The van der Waals surface area contributed by atoms with Crippen LogP contribution < -0.4 is 0 Å². The van der Waals surface area contributed by atoms with Crippen LogP contribution in [-0.2, 0) is 4.79 Å². The molecule has 5 nitrogen and oxygen atoms in total. The van der Waals surface area contributed by atoms with Crippen LogP contribution in [0.5, 0.6) is 0 Å². The van der Waals surface area contributed by atoms with Crippen molar-refractivity contribution in [2.24, 2.45) is 11.3 Å². The second kappa shape index (κ2) is 6.95. The summed E-state index contributed by atoms with van der Waals surface area (Å²) in [5.74, 6) is -0.308. The van der Waals surface area contributed by atoms with E-state index >= 15 is 0 Å². The molecule has 1 rings (SSSR count). The third-order valence-electron chi connectivity index (χ3n) is 4.64. The van der Waals surface area contributed by atoms with Gasteiger partial charge >= 0.3 is 12.0 Å². The smallest absolute Gasteiger partial charge is 0.320 e. The number of urea groups is 1. The maximum atomic E-state index is 12.5. The molecule has 1 heterocycles. The molecule has 0 aromatic carbocycles. The number of carboxylic acids is 1. The Morgan fingerprint density at radius 2 is 2.00 bits per heavy atom. The maximum absolute atomic E-state index is 12.5. The fraction of sp³-hybridized carbons (Fsp3) is 0.867. The number of rotatable bonds is 6. The Morgan fingerprint density at radius 1 is 1.35 bits per heavy atom. The van der Waals surface area contributed by atoms with Gasteiger partial charge < -0.3 is 14.9 Å². The van der Waals surface area contributed by atoms with E-state index in [2.05, 4.69) is 13.8 Å². The van der Waals surface area contributed by atoms with Gasteiger partial charge in [-0.1, -0.05) is 27.2 Å². The molecule has 2 unspecified atom stereocenters. The number of hydrogen-bond acceptors (Lipinski definition) is 2. The van der Waals surface area contributed by atoms with E-state index in [1.54, 1.807) is 4.90 Å². The normalized spacial score (nSPS) is 23.7. The van der Waals surface area contributed by atoms with Crippen LogP contribution in [0.4, 0.5) is 4.79 Å². The van der Waals surface area contributed by atoms with E-state index in [4.69, 9.17) is 0 Å². The summed E-state index contributed by atoms with van der Waals surface area (Å²) in [6, 6.07) is -0.00984. The molecule has 0 aromatic heterocycles. The molecule has 20 heavy (non-hydrogen) atoms. The average molecular weight is 284 g/mol. The summed E-state index contributed by atoms with van der Waals surface area (Å²) in [4.78, 5) is 27.5. The number of aliphatic carboxylic acids is 1. The number of carbonyl (C=O) groups is 2. The van der Waals surface area contributed by atoms with Gasteiger partial charge in [0.1, 0.15) is 0 Å². The average Bonchev–Trinajstić information content (AvgIpc) is 2.89. The van der Waals surface area contributed by atoms with Gasteiger partial charge in [0.15, 0.2) is 0 Å². The zero-order valence-corrected chi connectivity index (χ0v) is 13.2. The highest BCUT2D eigenvalue weighted by Gasteiger charge is 2.45. The molecule has 0 bridgehead atoms. The van der Waals surface area contributed by atoms with Gasteiger partial charge in [0.25, 0.3) is 0 Å². The highest BCUT2D eigenvalue weighted by Crippen LogP contribution is 2.34. The first-order valence-electron chi connectivity index (χ1n) is 7.67. The molecule has 0 aromatic rings. The second-order valence-corrected chi connectivity index (χ2v) is 5.95. The minimum atomic E-state index is -0.778. The first-order valence-corrected chi connectivity index (χ1v) is 7.67. The summed E-state index contributed by atoms with van der Waals surface area (Å²) in [5, 5.41) is 9.39. The van der Waals surface area contributed by atoms with Gasteiger partial charge in [-0.3, -0.25) is 4.79 Å². The zero-order chi connectivity index (χ0) is 15.3. The van der Waals surface area contributed by atoms with Crippen molar-refractivity contribution in [3.63, 3.8) is 0 Å². The molecule has 116 valence electrons. The van der Waals surface area contributed by atoms with Crippen molar-refractivity contribution in [1.82, 2.24) is 9.80 Å². The van der Waals surface area contributed by atoms with Crippen molar-refractivity contribution < 1.29 is 14.7 Å². The van der Waals surface area contributed by atoms with Crippen molar-refractivity contribution in [2.75, 3.05) is 26.2 Å². The van der Waals surface area contributed by atoms with E-state index in [-0.39, 0.29) is 6.03 Å². The number of carboxylic acid groups (broad SMARTS) is 1. The lowest BCUT2D eigenvalue weighted by atomic mass is 9.84. The van der Waals surface area contributed by atoms with E-state index in [1.165, 1.54) is 0 Å².